The van der Waals surface area contributed by atoms with E-state index in [-0.39, 0.29) is 11.9 Å². The van der Waals surface area contributed by atoms with Crippen molar-refractivity contribution in [3.05, 3.63) is 53.6 Å². The molecule has 1 N–H and O–H groups in total. The van der Waals surface area contributed by atoms with Gasteiger partial charge in [0, 0.05) is 24.5 Å². The molecule has 1 aliphatic heterocycles. The average molecular weight is 299 g/mol. The van der Waals surface area contributed by atoms with E-state index in [4.69, 9.17) is 0 Å². The number of nitrogens with zero attached hydrogens (tertiary/aromatic N) is 2. The van der Waals surface area contributed by atoms with E-state index in [1.165, 1.54) is 0 Å². The summed E-state index contributed by atoms with van der Waals surface area (Å²) in [5, 5.41) is 6.14. The Labute approximate surface area is 128 Å². The van der Waals surface area contributed by atoms with Gasteiger partial charge in [0.2, 0.25) is 5.91 Å². The van der Waals surface area contributed by atoms with Crippen LogP contribution >= 0.6 is 11.3 Å². The van der Waals surface area contributed by atoms with Gasteiger partial charge in [-0.1, -0.05) is 42.5 Å². The maximum Gasteiger partial charge on any atom is 0.243 e. The summed E-state index contributed by atoms with van der Waals surface area (Å²) in [4.78, 5) is 18.5. The van der Waals surface area contributed by atoms with Crippen molar-refractivity contribution in [2.24, 2.45) is 0 Å². The van der Waals surface area contributed by atoms with Gasteiger partial charge in [-0.05, 0) is 0 Å². The maximum atomic E-state index is 12.2. The van der Waals surface area contributed by atoms with E-state index in [0.29, 0.717) is 6.54 Å². The number of amides is 1. The zero-order chi connectivity index (χ0) is 14.7. The van der Waals surface area contributed by atoms with Crippen LogP contribution in [0.5, 0.6) is 0 Å². The molecule has 1 amide bonds. The van der Waals surface area contributed by atoms with Crippen LogP contribution in [0.2, 0.25) is 0 Å². The molecule has 0 spiro atoms. The zero-order valence-electron chi connectivity index (χ0n) is 11.8. The van der Waals surface area contributed by atoms with Crippen molar-refractivity contribution in [1.29, 1.82) is 0 Å². The van der Waals surface area contributed by atoms with Crippen LogP contribution in [-0.2, 0) is 11.3 Å². The second-order valence-electron chi connectivity index (χ2n) is 5.02. The van der Waals surface area contributed by atoms with Crippen LogP contribution in [0.25, 0.3) is 10.6 Å². The van der Waals surface area contributed by atoms with Crippen LogP contribution in [0, 0.1) is 0 Å². The molecule has 0 radical (unpaired) electrons. The molecule has 0 saturated heterocycles. The molecule has 0 saturated carbocycles. The number of hydrogen-bond donors (Lipinski definition) is 1. The summed E-state index contributed by atoms with van der Waals surface area (Å²) in [6.45, 7) is 1.30. The summed E-state index contributed by atoms with van der Waals surface area (Å²) in [5.74, 6) is 0.0815. The Hall–Kier alpha value is -1.98. The first-order valence-electron chi connectivity index (χ1n) is 6.89. The van der Waals surface area contributed by atoms with E-state index in [9.17, 15) is 4.79 Å². The van der Waals surface area contributed by atoms with Gasteiger partial charge in [0.1, 0.15) is 11.0 Å². The van der Waals surface area contributed by atoms with Crippen molar-refractivity contribution in [1.82, 2.24) is 15.2 Å². The molecule has 0 fully saturated rings. The number of thiazole rings is 1. The van der Waals surface area contributed by atoms with Gasteiger partial charge in [0.25, 0.3) is 0 Å². The molecule has 5 heteroatoms. The summed E-state index contributed by atoms with van der Waals surface area (Å²) < 4.78 is 0. The molecule has 1 atom stereocenters. The van der Waals surface area contributed by atoms with Crippen LogP contribution in [-0.4, -0.2) is 35.4 Å². The van der Waals surface area contributed by atoms with Crippen molar-refractivity contribution in [2.75, 3.05) is 13.6 Å². The second-order valence-corrected chi connectivity index (χ2v) is 5.88. The highest BCUT2D eigenvalue weighted by Crippen LogP contribution is 2.23. The fourth-order valence-corrected chi connectivity index (χ4v) is 3.11. The Morgan fingerprint density at radius 1 is 1.43 bits per heavy atom. The minimum Gasteiger partial charge on any atom is -0.338 e. The number of nitrogens with one attached hydrogen (secondary N) is 1. The second kappa shape index (κ2) is 6.20. The van der Waals surface area contributed by atoms with E-state index >= 15 is 0 Å². The molecule has 3 rings (SSSR count). The first kappa shape index (κ1) is 14.0. The highest BCUT2D eigenvalue weighted by Gasteiger charge is 2.21. The van der Waals surface area contributed by atoms with Gasteiger partial charge < -0.3 is 4.90 Å². The van der Waals surface area contributed by atoms with Gasteiger partial charge in [-0.15, -0.1) is 11.3 Å². The van der Waals surface area contributed by atoms with Crippen LogP contribution in [0.4, 0.5) is 0 Å². The van der Waals surface area contributed by atoms with E-state index in [1.807, 2.05) is 54.9 Å². The third kappa shape index (κ3) is 3.20. The van der Waals surface area contributed by atoms with E-state index < -0.39 is 0 Å². The number of carbonyl (C=O) groups excluding carboxylic acids is 1. The average Bonchev–Trinajstić information content (AvgIpc) is 3.19. The van der Waals surface area contributed by atoms with Crippen LogP contribution < -0.4 is 5.32 Å². The molecule has 2 aromatic rings. The number of benzene rings is 1. The van der Waals surface area contributed by atoms with Crippen LogP contribution in [0.1, 0.15) is 5.69 Å². The van der Waals surface area contributed by atoms with Crippen molar-refractivity contribution < 1.29 is 4.79 Å². The lowest BCUT2D eigenvalue weighted by molar-refractivity contribution is -0.131. The number of hydrogen-bond acceptors (Lipinski definition) is 4. The highest BCUT2D eigenvalue weighted by molar-refractivity contribution is 7.13. The molecule has 1 unspecified atom stereocenters. The molecule has 1 aliphatic rings. The number of rotatable bonds is 4. The summed E-state index contributed by atoms with van der Waals surface area (Å²) in [7, 11) is 1.82. The quantitative estimate of drug-likeness (QED) is 0.881. The van der Waals surface area contributed by atoms with Gasteiger partial charge in [0.05, 0.1) is 12.2 Å². The Balaban J connectivity index is 1.67. The van der Waals surface area contributed by atoms with Crippen LogP contribution in [0.3, 0.4) is 0 Å². The lowest BCUT2D eigenvalue weighted by atomic mass is 10.2. The van der Waals surface area contributed by atoms with Crippen molar-refractivity contribution in [3.63, 3.8) is 0 Å². The Morgan fingerprint density at radius 3 is 2.95 bits per heavy atom. The zero-order valence-corrected chi connectivity index (χ0v) is 12.6. The first-order chi connectivity index (χ1) is 10.2. The van der Waals surface area contributed by atoms with Crippen molar-refractivity contribution in [3.8, 4) is 10.6 Å². The third-order valence-corrected chi connectivity index (χ3v) is 4.34. The van der Waals surface area contributed by atoms with Crippen molar-refractivity contribution in [2.45, 2.75) is 12.6 Å². The normalized spacial score (nSPS) is 17.1. The Bertz CT molecular complexity index is 651. The Morgan fingerprint density at radius 2 is 2.24 bits per heavy atom. The predicted molar refractivity (Wildman–Crippen MR) is 85.0 cm³/mol. The maximum absolute atomic E-state index is 12.2. The molecular weight excluding hydrogens is 282 g/mol. The van der Waals surface area contributed by atoms with E-state index in [0.717, 1.165) is 22.8 Å². The number of likely N-dealkylation sites (N-methyl/N-ethyl adjacent to an activating group) is 1. The van der Waals surface area contributed by atoms with Gasteiger partial charge in [-0.25, -0.2) is 4.98 Å². The van der Waals surface area contributed by atoms with Gasteiger partial charge in [-0.3, -0.25) is 10.1 Å². The van der Waals surface area contributed by atoms with E-state index in [1.54, 1.807) is 16.2 Å². The molecule has 21 heavy (non-hydrogen) atoms. The number of carbonyl (C=O) groups is 1. The summed E-state index contributed by atoms with van der Waals surface area (Å²) in [5.41, 5.74) is 2.04. The fraction of sp³-hybridized carbons (Fsp3) is 0.250. The fourth-order valence-electron chi connectivity index (χ4n) is 2.29. The van der Waals surface area contributed by atoms with Gasteiger partial charge in [-0.2, -0.15) is 0 Å². The minimum absolute atomic E-state index is 0.0815. The minimum atomic E-state index is -0.192. The molecule has 108 valence electrons. The highest BCUT2D eigenvalue weighted by atomic mass is 32.1. The SMILES string of the molecule is CN(Cc1csc(-c2ccccc2)n1)C(=O)C1C=CCN1. The smallest absolute Gasteiger partial charge is 0.243 e. The molecular formula is C16H17N3OS. The van der Waals surface area contributed by atoms with E-state index in [2.05, 4.69) is 10.3 Å². The topological polar surface area (TPSA) is 45.2 Å². The molecule has 4 nitrogen and oxygen atoms in total. The van der Waals surface area contributed by atoms with Gasteiger partial charge >= 0.3 is 0 Å². The summed E-state index contributed by atoms with van der Waals surface area (Å²) in [6.07, 6.45) is 3.89. The monoisotopic (exact) mass is 299 g/mol. The standard InChI is InChI=1S/C16H17N3OS/c1-19(16(20)14-8-5-9-17-14)10-13-11-21-15(18-13)12-6-3-2-4-7-12/h2-8,11,14,17H,9-10H2,1H3. The molecule has 1 aromatic heterocycles. The van der Waals surface area contributed by atoms with Gasteiger partial charge in [0.15, 0.2) is 0 Å². The molecule has 1 aromatic carbocycles. The van der Waals surface area contributed by atoms with Crippen LogP contribution in [0.15, 0.2) is 47.9 Å². The number of aromatic nitrogens is 1. The van der Waals surface area contributed by atoms with Crippen molar-refractivity contribution >= 4 is 17.2 Å². The summed E-state index contributed by atoms with van der Waals surface area (Å²) in [6, 6.07) is 9.90. The molecule has 0 bridgehead atoms. The molecule has 0 aliphatic carbocycles. The first-order valence-corrected chi connectivity index (χ1v) is 7.77. The molecule has 2 heterocycles. The lowest BCUT2D eigenvalue weighted by Crippen LogP contribution is -2.41. The lowest BCUT2D eigenvalue weighted by Gasteiger charge is -2.19. The summed E-state index contributed by atoms with van der Waals surface area (Å²) >= 11 is 1.61. The third-order valence-electron chi connectivity index (χ3n) is 3.40. The Kier molecular flexibility index (Phi) is 4.13. The predicted octanol–water partition coefficient (Wildman–Crippen LogP) is 2.30. The largest absolute Gasteiger partial charge is 0.338 e.